The maximum atomic E-state index is 3.61. The Morgan fingerprint density at radius 3 is 2.44 bits per heavy atom. The van der Waals surface area contributed by atoms with E-state index in [0.29, 0.717) is 11.5 Å². The molecular weight excluding hydrogens is 262 g/mol. The molecule has 90 valence electrons. The molecule has 1 atom stereocenters. The number of hydrogen-bond donors (Lipinski definition) is 1. The van der Waals surface area contributed by atoms with Gasteiger partial charge in [-0.1, -0.05) is 48.8 Å². The monoisotopic (exact) mass is 283 g/mol. The molecule has 0 aliphatic carbocycles. The first-order valence-corrected chi connectivity index (χ1v) is 6.58. The van der Waals surface area contributed by atoms with Gasteiger partial charge in [-0.15, -0.1) is 0 Å². The molecule has 0 spiro atoms. The largest absolute Gasteiger partial charge is 0.310 e. The molecule has 1 N–H and O–H groups in total. The van der Waals surface area contributed by atoms with Crippen molar-refractivity contribution in [3.05, 3.63) is 33.8 Å². The number of hydrogen-bond acceptors (Lipinski definition) is 1. The Morgan fingerprint density at radius 2 is 1.94 bits per heavy atom. The topological polar surface area (TPSA) is 12.0 Å². The summed E-state index contributed by atoms with van der Waals surface area (Å²) in [5.41, 5.74) is 2.91. The van der Waals surface area contributed by atoms with Gasteiger partial charge in [-0.25, -0.2) is 0 Å². The molecule has 1 aromatic carbocycles. The summed E-state index contributed by atoms with van der Waals surface area (Å²) in [6, 6.07) is 7.00. The summed E-state index contributed by atoms with van der Waals surface area (Å²) in [6.45, 7) is 12.0. The number of nitrogens with one attached hydrogen (secondary N) is 1. The normalized spacial score (nSPS) is 13.9. The Bertz CT molecular complexity index is 352. The van der Waals surface area contributed by atoms with Gasteiger partial charge in [0.15, 0.2) is 0 Å². The average molecular weight is 284 g/mol. The molecule has 0 radical (unpaired) electrons. The predicted octanol–water partition coefficient (Wildman–Crippen LogP) is 4.28. The van der Waals surface area contributed by atoms with Gasteiger partial charge < -0.3 is 5.32 Å². The van der Waals surface area contributed by atoms with Crippen LogP contribution < -0.4 is 5.32 Å². The van der Waals surface area contributed by atoms with Gasteiger partial charge in [0.2, 0.25) is 0 Å². The van der Waals surface area contributed by atoms with E-state index in [4.69, 9.17) is 0 Å². The second kappa shape index (κ2) is 5.33. The van der Waals surface area contributed by atoms with Gasteiger partial charge in [-0.2, -0.15) is 0 Å². The van der Waals surface area contributed by atoms with E-state index in [1.165, 1.54) is 15.6 Å². The maximum Gasteiger partial charge on any atom is 0.0222 e. The van der Waals surface area contributed by atoms with Gasteiger partial charge >= 0.3 is 0 Å². The summed E-state index contributed by atoms with van der Waals surface area (Å²) >= 11 is 3.61. The van der Waals surface area contributed by atoms with Gasteiger partial charge in [0.1, 0.15) is 0 Å². The van der Waals surface area contributed by atoms with Crippen LogP contribution in [-0.2, 0) is 6.54 Å². The van der Waals surface area contributed by atoms with E-state index in [0.717, 1.165) is 6.54 Å². The summed E-state index contributed by atoms with van der Waals surface area (Å²) in [4.78, 5) is 0. The van der Waals surface area contributed by atoms with E-state index in [-0.39, 0.29) is 0 Å². The van der Waals surface area contributed by atoms with Crippen LogP contribution in [0.2, 0.25) is 0 Å². The Morgan fingerprint density at radius 1 is 1.31 bits per heavy atom. The lowest BCUT2D eigenvalue weighted by molar-refractivity contribution is 0.285. The molecule has 1 aromatic rings. The van der Waals surface area contributed by atoms with Crippen LogP contribution in [0.15, 0.2) is 22.7 Å². The highest BCUT2D eigenvalue weighted by molar-refractivity contribution is 9.10. The van der Waals surface area contributed by atoms with Crippen molar-refractivity contribution in [2.24, 2.45) is 5.41 Å². The second-order valence-electron chi connectivity index (χ2n) is 5.56. The fourth-order valence-corrected chi connectivity index (χ4v) is 2.00. The molecule has 1 unspecified atom stereocenters. The van der Waals surface area contributed by atoms with Crippen molar-refractivity contribution in [1.29, 1.82) is 0 Å². The van der Waals surface area contributed by atoms with Crippen LogP contribution in [-0.4, -0.2) is 6.04 Å². The maximum absolute atomic E-state index is 3.61. The highest BCUT2D eigenvalue weighted by Gasteiger charge is 2.19. The van der Waals surface area contributed by atoms with Crippen LogP contribution >= 0.6 is 15.9 Å². The molecule has 1 nitrogen and oxygen atoms in total. The van der Waals surface area contributed by atoms with Crippen LogP contribution in [0, 0.1) is 12.3 Å². The molecule has 0 fully saturated rings. The summed E-state index contributed by atoms with van der Waals surface area (Å²) in [5, 5.41) is 3.57. The van der Waals surface area contributed by atoms with Crippen molar-refractivity contribution < 1.29 is 0 Å². The summed E-state index contributed by atoms with van der Waals surface area (Å²) in [6.07, 6.45) is 0. The van der Waals surface area contributed by atoms with E-state index in [2.05, 4.69) is 74.1 Å². The first-order valence-electron chi connectivity index (χ1n) is 5.79. The lowest BCUT2D eigenvalue weighted by Gasteiger charge is -2.28. The van der Waals surface area contributed by atoms with Crippen LogP contribution in [0.5, 0.6) is 0 Å². The standard InChI is InChI=1S/C14H22BrN/c1-10-6-7-12(13(15)8-10)9-16-11(2)14(3,4)5/h6-8,11,16H,9H2,1-5H3. The molecule has 0 aliphatic heterocycles. The Labute approximate surface area is 108 Å². The average Bonchev–Trinajstić information content (AvgIpc) is 2.14. The fraction of sp³-hybridized carbons (Fsp3) is 0.571. The molecule has 0 bridgehead atoms. The summed E-state index contributed by atoms with van der Waals surface area (Å²) < 4.78 is 1.20. The number of rotatable bonds is 3. The van der Waals surface area contributed by atoms with Crippen LogP contribution in [0.25, 0.3) is 0 Å². The first-order chi connectivity index (χ1) is 7.30. The van der Waals surface area contributed by atoms with E-state index in [1.807, 2.05) is 0 Å². The minimum absolute atomic E-state index is 0.303. The van der Waals surface area contributed by atoms with Crippen molar-refractivity contribution in [3.63, 3.8) is 0 Å². The molecule has 0 saturated heterocycles. The zero-order valence-corrected chi connectivity index (χ0v) is 12.5. The molecule has 0 aliphatic rings. The minimum Gasteiger partial charge on any atom is -0.310 e. The molecule has 2 heteroatoms. The lowest BCUT2D eigenvalue weighted by atomic mass is 9.88. The van der Waals surface area contributed by atoms with E-state index in [1.54, 1.807) is 0 Å². The molecule has 0 aromatic heterocycles. The van der Waals surface area contributed by atoms with Gasteiger partial charge in [0.25, 0.3) is 0 Å². The molecule has 0 heterocycles. The molecule has 16 heavy (non-hydrogen) atoms. The van der Waals surface area contributed by atoms with Crippen molar-refractivity contribution in [3.8, 4) is 0 Å². The minimum atomic E-state index is 0.303. The second-order valence-corrected chi connectivity index (χ2v) is 6.42. The van der Waals surface area contributed by atoms with E-state index >= 15 is 0 Å². The first kappa shape index (κ1) is 13.7. The highest BCUT2D eigenvalue weighted by atomic mass is 79.9. The zero-order chi connectivity index (χ0) is 12.3. The Kier molecular flexibility index (Phi) is 4.57. The van der Waals surface area contributed by atoms with Crippen molar-refractivity contribution in [1.82, 2.24) is 5.32 Å². The third-order valence-electron chi connectivity index (χ3n) is 3.11. The van der Waals surface area contributed by atoms with Crippen LogP contribution in [0.3, 0.4) is 0 Å². The van der Waals surface area contributed by atoms with Crippen LogP contribution in [0.1, 0.15) is 38.8 Å². The lowest BCUT2D eigenvalue weighted by Crippen LogP contribution is -2.37. The van der Waals surface area contributed by atoms with Crippen molar-refractivity contribution in [2.75, 3.05) is 0 Å². The smallest absolute Gasteiger partial charge is 0.0222 e. The van der Waals surface area contributed by atoms with Gasteiger partial charge in [-0.3, -0.25) is 0 Å². The Balaban J connectivity index is 2.62. The van der Waals surface area contributed by atoms with Crippen molar-refractivity contribution >= 4 is 15.9 Å². The summed E-state index contributed by atoms with van der Waals surface area (Å²) in [5.74, 6) is 0. The predicted molar refractivity (Wildman–Crippen MR) is 74.6 cm³/mol. The van der Waals surface area contributed by atoms with Gasteiger partial charge in [0, 0.05) is 17.1 Å². The Hall–Kier alpha value is -0.340. The van der Waals surface area contributed by atoms with Gasteiger partial charge in [-0.05, 0) is 36.5 Å². The third kappa shape index (κ3) is 3.91. The number of benzene rings is 1. The molecule has 1 rings (SSSR count). The molecular formula is C14H22BrN. The van der Waals surface area contributed by atoms with Crippen molar-refractivity contribution in [2.45, 2.75) is 47.2 Å². The SMILES string of the molecule is Cc1ccc(CNC(C)C(C)(C)C)c(Br)c1. The van der Waals surface area contributed by atoms with Crippen LogP contribution in [0.4, 0.5) is 0 Å². The van der Waals surface area contributed by atoms with E-state index < -0.39 is 0 Å². The zero-order valence-electron chi connectivity index (χ0n) is 10.9. The highest BCUT2D eigenvalue weighted by Crippen LogP contribution is 2.21. The quantitative estimate of drug-likeness (QED) is 0.873. The third-order valence-corrected chi connectivity index (χ3v) is 3.84. The molecule has 0 saturated carbocycles. The van der Waals surface area contributed by atoms with E-state index in [9.17, 15) is 0 Å². The fourth-order valence-electron chi connectivity index (χ4n) is 1.36. The number of halogens is 1. The number of aryl methyl sites for hydroxylation is 1. The summed E-state index contributed by atoms with van der Waals surface area (Å²) in [7, 11) is 0. The van der Waals surface area contributed by atoms with Gasteiger partial charge in [0.05, 0.1) is 0 Å². The molecule has 0 amide bonds.